The first kappa shape index (κ1) is 18.9. The van der Waals surface area contributed by atoms with Crippen LogP contribution in [0.15, 0.2) is 53.7 Å². The van der Waals surface area contributed by atoms with Gasteiger partial charge in [0.05, 0.1) is 23.1 Å². The van der Waals surface area contributed by atoms with Crippen LogP contribution in [-0.2, 0) is 22.3 Å². The highest BCUT2D eigenvalue weighted by Gasteiger charge is 2.35. The monoisotopic (exact) mass is 406 g/mol. The van der Waals surface area contributed by atoms with Crippen LogP contribution >= 0.6 is 11.8 Å². The van der Waals surface area contributed by atoms with Crippen LogP contribution in [0.3, 0.4) is 0 Å². The molecule has 0 unspecified atom stereocenters. The molecule has 1 aromatic heterocycles. The van der Waals surface area contributed by atoms with Crippen LogP contribution in [0.2, 0.25) is 0 Å². The second kappa shape index (κ2) is 7.16. The summed E-state index contributed by atoms with van der Waals surface area (Å²) in [4.78, 5) is 16.5. The van der Waals surface area contributed by atoms with E-state index in [0.717, 1.165) is 17.7 Å². The number of benzene rings is 2. The Morgan fingerprint density at radius 2 is 1.96 bits per heavy atom. The third kappa shape index (κ3) is 3.73. The Balaban J connectivity index is 1.76. The van der Waals surface area contributed by atoms with Gasteiger partial charge >= 0.3 is 12.1 Å². The smallest absolute Gasteiger partial charge is 0.416 e. The van der Waals surface area contributed by atoms with Gasteiger partial charge in [-0.05, 0) is 30.7 Å². The maximum atomic E-state index is 13.1. The van der Waals surface area contributed by atoms with Crippen molar-refractivity contribution < 1.29 is 22.7 Å². The molecule has 1 aliphatic heterocycles. The zero-order valence-corrected chi connectivity index (χ0v) is 15.8. The van der Waals surface area contributed by atoms with Crippen molar-refractivity contribution in [1.82, 2.24) is 9.55 Å². The normalized spacial score (nSPS) is 19.9. The van der Waals surface area contributed by atoms with Crippen LogP contribution in [0.1, 0.15) is 24.5 Å². The van der Waals surface area contributed by atoms with Crippen LogP contribution in [-0.4, -0.2) is 26.9 Å². The Labute approximate surface area is 163 Å². The average Bonchev–Trinajstić information content (AvgIpc) is 3.14. The number of aromatic nitrogens is 2. The number of hydrogen-bond donors (Lipinski definition) is 0. The summed E-state index contributed by atoms with van der Waals surface area (Å²) in [5.41, 5.74) is 1.10. The van der Waals surface area contributed by atoms with Gasteiger partial charge in [-0.1, -0.05) is 42.1 Å². The minimum Gasteiger partial charge on any atom is -0.462 e. The summed E-state index contributed by atoms with van der Waals surface area (Å²) in [6.45, 7) is 2.27. The van der Waals surface area contributed by atoms with E-state index in [1.807, 2.05) is 41.8 Å². The highest BCUT2D eigenvalue weighted by atomic mass is 32.2. The van der Waals surface area contributed by atoms with Crippen molar-refractivity contribution in [2.75, 3.05) is 0 Å². The number of carbonyl (C=O) groups excluding carboxylic acids is 1. The summed E-state index contributed by atoms with van der Waals surface area (Å²) in [6.07, 6.45) is -4.06. The van der Waals surface area contributed by atoms with E-state index in [4.69, 9.17) is 4.74 Å². The van der Waals surface area contributed by atoms with Crippen LogP contribution in [0.4, 0.5) is 13.2 Å². The Bertz CT molecular complexity index is 1020. The van der Waals surface area contributed by atoms with E-state index in [1.165, 1.54) is 17.8 Å². The minimum atomic E-state index is -4.44. The van der Waals surface area contributed by atoms with Crippen LogP contribution < -0.4 is 0 Å². The van der Waals surface area contributed by atoms with Crippen molar-refractivity contribution in [3.8, 4) is 0 Å². The van der Waals surface area contributed by atoms with Crippen molar-refractivity contribution in [2.24, 2.45) is 0 Å². The van der Waals surface area contributed by atoms with Crippen molar-refractivity contribution in [1.29, 1.82) is 0 Å². The van der Waals surface area contributed by atoms with Gasteiger partial charge in [-0.2, -0.15) is 13.2 Å². The molecule has 1 aliphatic rings. The number of thioether (sulfide) groups is 1. The van der Waals surface area contributed by atoms with E-state index in [1.54, 1.807) is 0 Å². The Morgan fingerprint density at radius 3 is 2.61 bits per heavy atom. The number of cyclic esters (lactones) is 1. The fourth-order valence-electron chi connectivity index (χ4n) is 3.24. The standard InChI is InChI=1S/C20H17F3N2O2S/c1-12-9-17(18(26)27-12)28-19-24-15-10-14(20(21,22)23)7-8-16(15)25(19)11-13-5-3-2-4-6-13/h2-8,10,12,17H,9,11H2,1H3/t12-,17-/m1/s1. The molecule has 28 heavy (non-hydrogen) atoms. The van der Waals surface area contributed by atoms with E-state index < -0.39 is 17.0 Å². The largest absolute Gasteiger partial charge is 0.462 e. The lowest BCUT2D eigenvalue weighted by molar-refractivity contribution is -0.140. The van der Waals surface area contributed by atoms with Gasteiger partial charge in [-0.25, -0.2) is 4.98 Å². The number of ether oxygens (including phenoxy) is 1. The first-order valence-electron chi connectivity index (χ1n) is 8.80. The molecule has 3 aromatic rings. The first-order chi connectivity index (χ1) is 13.3. The quantitative estimate of drug-likeness (QED) is 0.578. The van der Waals surface area contributed by atoms with Gasteiger partial charge in [0.15, 0.2) is 5.16 Å². The van der Waals surface area contributed by atoms with Crippen LogP contribution in [0, 0.1) is 0 Å². The van der Waals surface area contributed by atoms with Crippen molar-refractivity contribution >= 4 is 28.8 Å². The maximum Gasteiger partial charge on any atom is 0.416 e. The summed E-state index contributed by atoms with van der Waals surface area (Å²) < 4.78 is 46.3. The lowest BCUT2D eigenvalue weighted by Crippen LogP contribution is -2.11. The van der Waals surface area contributed by atoms with E-state index in [-0.39, 0.29) is 17.6 Å². The number of carbonyl (C=O) groups is 1. The Kier molecular flexibility index (Phi) is 4.82. The van der Waals surface area contributed by atoms with E-state index in [0.29, 0.717) is 23.6 Å². The lowest BCUT2D eigenvalue weighted by Gasteiger charge is -2.11. The summed E-state index contributed by atoms with van der Waals surface area (Å²) in [5.74, 6) is -0.313. The molecule has 0 N–H and O–H groups in total. The molecule has 2 atom stereocenters. The predicted molar refractivity (Wildman–Crippen MR) is 100 cm³/mol. The van der Waals surface area contributed by atoms with Crippen LogP contribution in [0.5, 0.6) is 0 Å². The number of hydrogen-bond acceptors (Lipinski definition) is 4. The van der Waals surface area contributed by atoms with Crippen molar-refractivity contribution in [2.45, 2.75) is 42.6 Å². The summed E-state index contributed by atoms with van der Waals surface area (Å²) >= 11 is 1.24. The third-order valence-corrected chi connectivity index (χ3v) is 5.79. The molecule has 2 aromatic carbocycles. The molecule has 4 rings (SSSR count). The number of rotatable bonds is 4. The number of nitrogens with zero attached hydrogens (tertiary/aromatic N) is 2. The molecule has 4 nitrogen and oxygen atoms in total. The Hall–Kier alpha value is -2.48. The topological polar surface area (TPSA) is 44.1 Å². The number of esters is 1. The van der Waals surface area contributed by atoms with Gasteiger partial charge in [0.25, 0.3) is 0 Å². The molecule has 8 heteroatoms. The number of alkyl halides is 3. The molecule has 0 bridgehead atoms. The van der Waals surface area contributed by atoms with E-state index in [9.17, 15) is 18.0 Å². The second-order valence-corrected chi connectivity index (χ2v) is 7.93. The zero-order chi connectivity index (χ0) is 19.9. The van der Waals surface area contributed by atoms with Crippen LogP contribution in [0.25, 0.3) is 11.0 Å². The number of imidazole rings is 1. The second-order valence-electron chi connectivity index (χ2n) is 6.76. The van der Waals surface area contributed by atoms with Gasteiger partial charge in [-0.15, -0.1) is 0 Å². The summed E-state index contributed by atoms with van der Waals surface area (Å²) in [6, 6.07) is 13.1. The number of halogens is 3. The van der Waals surface area contributed by atoms with Gasteiger partial charge < -0.3 is 9.30 Å². The molecule has 1 fully saturated rings. The zero-order valence-electron chi connectivity index (χ0n) is 14.9. The third-order valence-electron chi connectivity index (χ3n) is 4.60. The number of fused-ring (bicyclic) bond motifs is 1. The Morgan fingerprint density at radius 1 is 1.21 bits per heavy atom. The molecule has 2 heterocycles. The molecular weight excluding hydrogens is 389 g/mol. The van der Waals surface area contributed by atoms with E-state index in [2.05, 4.69) is 4.98 Å². The average molecular weight is 406 g/mol. The fourth-order valence-corrected chi connectivity index (χ4v) is 4.45. The molecule has 0 aliphatic carbocycles. The van der Waals surface area contributed by atoms with Gasteiger partial charge in [0.2, 0.25) is 0 Å². The molecule has 146 valence electrons. The molecule has 0 radical (unpaired) electrons. The van der Waals surface area contributed by atoms with Crippen molar-refractivity contribution in [3.63, 3.8) is 0 Å². The molecule has 0 saturated carbocycles. The molecular formula is C20H17F3N2O2S. The van der Waals surface area contributed by atoms with Gasteiger partial charge in [-0.3, -0.25) is 4.79 Å². The lowest BCUT2D eigenvalue weighted by atomic mass is 10.2. The maximum absolute atomic E-state index is 13.1. The SMILES string of the molecule is C[C@@H]1C[C@@H](Sc2nc3cc(C(F)(F)F)ccc3n2Cc2ccccc2)C(=O)O1. The minimum absolute atomic E-state index is 0.172. The predicted octanol–water partition coefficient (Wildman–Crippen LogP) is 4.90. The highest BCUT2D eigenvalue weighted by Crippen LogP contribution is 2.36. The van der Waals surface area contributed by atoms with Gasteiger partial charge in [0, 0.05) is 6.42 Å². The van der Waals surface area contributed by atoms with Gasteiger partial charge in [0.1, 0.15) is 11.4 Å². The fraction of sp³-hybridized carbons (Fsp3) is 0.300. The molecule has 0 amide bonds. The van der Waals surface area contributed by atoms with Crippen molar-refractivity contribution in [3.05, 3.63) is 59.7 Å². The molecule has 1 saturated heterocycles. The van der Waals surface area contributed by atoms with E-state index >= 15 is 0 Å². The summed E-state index contributed by atoms with van der Waals surface area (Å²) in [5, 5.41) is 0.0950. The summed E-state index contributed by atoms with van der Waals surface area (Å²) in [7, 11) is 0. The molecule has 0 spiro atoms. The highest BCUT2D eigenvalue weighted by molar-refractivity contribution is 8.00. The first-order valence-corrected chi connectivity index (χ1v) is 9.68.